The Kier molecular flexibility index (Phi) is 6.05. The van der Waals surface area contributed by atoms with E-state index in [-0.39, 0.29) is 33.5 Å². The third-order valence-corrected chi connectivity index (χ3v) is 7.94. The van der Waals surface area contributed by atoms with Gasteiger partial charge in [-0.05, 0) is 30.3 Å². The summed E-state index contributed by atoms with van der Waals surface area (Å²) in [6.07, 6.45) is 0. The summed E-state index contributed by atoms with van der Waals surface area (Å²) in [6, 6.07) is 8.21. The minimum absolute atomic E-state index is 0.0270. The second-order valence-corrected chi connectivity index (χ2v) is 10.3. The molecule has 1 aliphatic rings. The fraction of sp³-hybridized carbons (Fsp3) is 0.316. The van der Waals surface area contributed by atoms with Gasteiger partial charge in [0, 0.05) is 6.07 Å². The Morgan fingerprint density at radius 2 is 1.68 bits per heavy atom. The predicted molar refractivity (Wildman–Crippen MR) is 114 cm³/mol. The first-order valence-corrected chi connectivity index (χ1v) is 12.1. The second-order valence-electron chi connectivity index (χ2n) is 6.79. The van der Waals surface area contributed by atoms with E-state index in [2.05, 4.69) is 4.72 Å². The molecule has 0 saturated carbocycles. The zero-order chi connectivity index (χ0) is 23.0. The summed E-state index contributed by atoms with van der Waals surface area (Å²) < 4.78 is 69.6. The van der Waals surface area contributed by atoms with Gasteiger partial charge in [0.2, 0.25) is 15.9 Å². The molecule has 10 nitrogen and oxygen atoms in total. The van der Waals surface area contributed by atoms with Crippen LogP contribution in [0.25, 0.3) is 0 Å². The molecule has 2 aromatic carbocycles. The number of nitrogens with one attached hydrogen (secondary N) is 1. The van der Waals surface area contributed by atoms with Crippen molar-refractivity contribution in [3.8, 4) is 17.2 Å². The van der Waals surface area contributed by atoms with Crippen molar-refractivity contribution in [3.05, 3.63) is 36.4 Å². The molecule has 12 heteroatoms. The molecule has 31 heavy (non-hydrogen) atoms. The van der Waals surface area contributed by atoms with Gasteiger partial charge in [-0.1, -0.05) is 6.92 Å². The smallest absolute Gasteiger partial charge is 0.265 e. The fourth-order valence-corrected chi connectivity index (χ4v) is 6.24. The molecule has 0 radical (unpaired) electrons. The van der Waals surface area contributed by atoms with Gasteiger partial charge in [0.1, 0.15) is 22.1 Å². The van der Waals surface area contributed by atoms with E-state index in [1.807, 2.05) is 0 Å². The van der Waals surface area contributed by atoms with E-state index in [9.17, 15) is 21.6 Å². The second kappa shape index (κ2) is 8.27. The van der Waals surface area contributed by atoms with Crippen LogP contribution < -0.4 is 23.2 Å². The average Bonchev–Trinajstić information content (AvgIpc) is 2.94. The first-order chi connectivity index (χ1) is 14.5. The summed E-state index contributed by atoms with van der Waals surface area (Å²) in [5, 5.41) is 0. The highest BCUT2D eigenvalue weighted by molar-refractivity contribution is 7.94. The topological polar surface area (TPSA) is 128 Å². The van der Waals surface area contributed by atoms with Gasteiger partial charge in [0.05, 0.1) is 44.4 Å². The summed E-state index contributed by atoms with van der Waals surface area (Å²) in [6.45, 7) is 1.50. The quantitative estimate of drug-likeness (QED) is 0.649. The number of carbonyl (C=O) groups is 1. The molecule has 1 saturated heterocycles. The number of carbonyl (C=O) groups excluding carboxylic acids is 1. The maximum absolute atomic E-state index is 13.1. The van der Waals surface area contributed by atoms with Crippen LogP contribution in [-0.4, -0.2) is 49.8 Å². The van der Waals surface area contributed by atoms with Crippen LogP contribution in [0.2, 0.25) is 0 Å². The van der Waals surface area contributed by atoms with Gasteiger partial charge in [0.25, 0.3) is 10.0 Å². The van der Waals surface area contributed by atoms with Crippen LogP contribution in [0.4, 0.5) is 11.4 Å². The zero-order valence-electron chi connectivity index (χ0n) is 17.3. The first-order valence-electron chi connectivity index (χ1n) is 9.03. The molecule has 1 amide bonds. The Morgan fingerprint density at radius 1 is 1.00 bits per heavy atom. The monoisotopic (exact) mass is 470 g/mol. The Labute approximate surface area is 180 Å². The van der Waals surface area contributed by atoms with Crippen molar-refractivity contribution in [1.29, 1.82) is 0 Å². The fourth-order valence-electron chi connectivity index (χ4n) is 3.17. The first kappa shape index (κ1) is 22.7. The number of amides is 1. The summed E-state index contributed by atoms with van der Waals surface area (Å²) in [5.74, 6) is -1.05. The zero-order valence-corrected chi connectivity index (χ0v) is 18.9. The van der Waals surface area contributed by atoms with Gasteiger partial charge in [-0.25, -0.2) is 21.1 Å². The molecule has 1 fully saturated rings. The number of rotatable bonds is 7. The van der Waals surface area contributed by atoms with Crippen molar-refractivity contribution >= 4 is 37.3 Å². The highest BCUT2D eigenvalue weighted by Gasteiger charge is 2.42. The van der Waals surface area contributed by atoms with E-state index in [0.29, 0.717) is 10.1 Å². The maximum atomic E-state index is 13.1. The highest BCUT2D eigenvalue weighted by Crippen LogP contribution is 2.36. The van der Waals surface area contributed by atoms with E-state index < -0.39 is 31.9 Å². The Balaban J connectivity index is 2.07. The molecule has 168 valence electrons. The predicted octanol–water partition coefficient (Wildman–Crippen LogP) is 1.83. The largest absolute Gasteiger partial charge is 0.497 e. The molecule has 1 aliphatic heterocycles. The van der Waals surface area contributed by atoms with Crippen LogP contribution in [0.5, 0.6) is 17.2 Å². The van der Waals surface area contributed by atoms with Gasteiger partial charge >= 0.3 is 0 Å². The van der Waals surface area contributed by atoms with E-state index in [0.717, 1.165) is 6.07 Å². The Morgan fingerprint density at radius 3 is 2.23 bits per heavy atom. The molecule has 0 aliphatic carbocycles. The molecule has 2 aromatic rings. The number of benzene rings is 2. The van der Waals surface area contributed by atoms with Crippen LogP contribution in [0.3, 0.4) is 0 Å². The molecule has 0 aromatic heterocycles. The molecule has 0 bridgehead atoms. The molecule has 1 heterocycles. The lowest BCUT2D eigenvalue weighted by Gasteiger charge is -2.19. The molecule has 1 N–H and O–H groups in total. The standard InChI is InChI=1S/C19H22N2O8S2/c1-12-11-30(23,24)21(19(12)22)13-5-8-16(28-3)18(9-13)31(25,26)20-15-7-6-14(27-2)10-17(15)29-4/h5-10,12,20H,11H2,1-4H3/t12-/m1/s1. The number of hydrogen-bond acceptors (Lipinski definition) is 8. The van der Waals surface area contributed by atoms with Gasteiger partial charge < -0.3 is 14.2 Å². The van der Waals surface area contributed by atoms with Crippen LogP contribution in [-0.2, 0) is 24.8 Å². The van der Waals surface area contributed by atoms with Crippen molar-refractivity contribution < 1.29 is 35.8 Å². The highest BCUT2D eigenvalue weighted by atomic mass is 32.2. The molecular formula is C19H22N2O8S2. The molecule has 0 unspecified atom stereocenters. The van der Waals surface area contributed by atoms with Gasteiger partial charge in [0.15, 0.2) is 0 Å². The van der Waals surface area contributed by atoms with E-state index in [1.165, 1.54) is 52.5 Å². The minimum Gasteiger partial charge on any atom is -0.497 e. The van der Waals surface area contributed by atoms with E-state index in [4.69, 9.17) is 14.2 Å². The summed E-state index contributed by atoms with van der Waals surface area (Å²) in [7, 11) is -4.05. The summed E-state index contributed by atoms with van der Waals surface area (Å²) in [4.78, 5) is 12.1. The van der Waals surface area contributed by atoms with Crippen LogP contribution in [0.15, 0.2) is 41.3 Å². The van der Waals surface area contributed by atoms with Crippen LogP contribution >= 0.6 is 0 Å². The van der Waals surface area contributed by atoms with Crippen LogP contribution in [0.1, 0.15) is 6.92 Å². The molecular weight excluding hydrogens is 448 g/mol. The Bertz CT molecular complexity index is 1230. The number of hydrogen-bond donors (Lipinski definition) is 1. The number of methoxy groups -OCH3 is 3. The third kappa shape index (κ3) is 4.26. The molecule has 3 rings (SSSR count). The van der Waals surface area contributed by atoms with Crippen molar-refractivity contribution in [2.45, 2.75) is 11.8 Å². The number of anilines is 2. The summed E-state index contributed by atoms with van der Waals surface area (Å²) in [5.41, 5.74) is 0.0477. The lowest BCUT2D eigenvalue weighted by molar-refractivity contribution is -0.119. The number of nitrogens with zero attached hydrogens (tertiary/aromatic N) is 1. The summed E-state index contributed by atoms with van der Waals surface area (Å²) >= 11 is 0. The average molecular weight is 471 g/mol. The van der Waals surface area contributed by atoms with Crippen molar-refractivity contribution in [3.63, 3.8) is 0 Å². The van der Waals surface area contributed by atoms with E-state index >= 15 is 0 Å². The van der Waals surface area contributed by atoms with Gasteiger partial charge in [-0.2, -0.15) is 0 Å². The molecule has 0 spiro atoms. The lowest BCUT2D eigenvalue weighted by Crippen LogP contribution is -2.30. The van der Waals surface area contributed by atoms with Crippen molar-refractivity contribution in [2.75, 3.05) is 36.1 Å². The SMILES string of the molecule is COc1ccc(NS(=O)(=O)c2cc(N3C(=O)[C@H](C)CS3(=O)=O)ccc2OC)c(OC)c1. The third-order valence-electron chi connectivity index (χ3n) is 4.68. The van der Waals surface area contributed by atoms with E-state index in [1.54, 1.807) is 6.07 Å². The minimum atomic E-state index is -4.26. The maximum Gasteiger partial charge on any atom is 0.265 e. The van der Waals surface area contributed by atoms with Gasteiger partial charge in [-0.3, -0.25) is 9.52 Å². The van der Waals surface area contributed by atoms with Crippen molar-refractivity contribution in [2.24, 2.45) is 5.92 Å². The Hall–Kier alpha value is -2.99. The number of ether oxygens (including phenoxy) is 3. The lowest BCUT2D eigenvalue weighted by atomic mass is 10.2. The van der Waals surface area contributed by atoms with Gasteiger partial charge in [-0.15, -0.1) is 0 Å². The van der Waals surface area contributed by atoms with Crippen molar-refractivity contribution in [1.82, 2.24) is 0 Å². The normalized spacial score (nSPS) is 18.0. The molecule has 1 atom stereocenters. The number of sulfonamides is 2. The van der Waals surface area contributed by atoms with Crippen LogP contribution in [0, 0.1) is 5.92 Å².